The predicted octanol–water partition coefficient (Wildman–Crippen LogP) is 1.63. The molecule has 0 aliphatic carbocycles. The number of aromatic amines is 2. The van der Waals surface area contributed by atoms with Gasteiger partial charge in [0.2, 0.25) is 17.7 Å². The number of methoxy groups -OCH3 is 2. The van der Waals surface area contributed by atoms with E-state index in [4.69, 9.17) is 9.47 Å². The van der Waals surface area contributed by atoms with E-state index in [1.165, 1.54) is 44.6 Å². The zero-order valence-electron chi connectivity index (χ0n) is 20.0. The molecule has 0 bridgehead atoms. The van der Waals surface area contributed by atoms with Crippen LogP contribution >= 0.6 is 11.8 Å². The van der Waals surface area contributed by atoms with Crippen LogP contribution < -0.4 is 31.4 Å². The van der Waals surface area contributed by atoms with E-state index in [2.05, 4.69) is 25.6 Å². The topological polar surface area (TPSA) is 175 Å². The lowest BCUT2D eigenvalue weighted by Crippen LogP contribution is -2.29. The molecule has 0 radical (unpaired) electrons. The minimum absolute atomic E-state index is 0.0643. The van der Waals surface area contributed by atoms with Crippen molar-refractivity contribution in [1.29, 1.82) is 0 Å². The number of halogens is 1. The number of ether oxygens (including phenoxy) is 2. The van der Waals surface area contributed by atoms with Crippen LogP contribution in [0.25, 0.3) is 0 Å². The quantitative estimate of drug-likeness (QED) is 0.285. The Morgan fingerprint density at radius 2 is 1.87 bits per heavy atom. The Morgan fingerprint density at radius 3 is 2.53 bits per heavy atom. The molecule has 14 heteroatoms. The number of nitrogens with one attached hydrogen (secondary N) is 4. The molecule has 4 rings (SSSR count). The summed E-state index contributed by atoms with van der Waals surface area (Å²) in [4.78, 5) is 58.1. The Hall–Kier alpha value is -4.59. The second-order valence-electron chi connectivity index (χ2n) is 7.97. The SMILES string of the molecule is COc1ccc(OC)c([C@H](N=C2NC(=O)[C@@H](CC(=O)Nc3ccc(F)cc3)S2)c2c(O)[nH]c(=O)[nH]c2=O)c1. The molecule has 2 heterocycles. The molecule has 2 aromatic carbocycles. The highest BCUT2D eigenvalue weighted by atomic mass is 32.2. The van der Waals surface area contributed by atoms with Gasteiger partial charge in [0, 0.05) is 17.7 Å². The number of hydrogen-bond donors (Lipinski definition) is 5. The van der Waals surface area contributed by atoms with Crippen molar-refractivity contribution in [3.8, 4) is 17.4 Å². The number of amides is 2. The molecule has 3 aromatic rings. The van der Waals surface area contributed by atoms with Crippen LogP contribution in [0.2, 0.25) is 0 Å². The van der Waals surface area contributed by atoms with E-state index in [-0.39, 0.29) is 22.9 Å². The summed E-state index contributed by atoms with van der Waals surface area (Å²) in [6.45, 7) is 0. The Balaban J connectivity index is 1.66. The number of carbonyl (C=O) groups is 2. The zero-order chi connectivity index (χ0) is 27.4. The van der Waals surface area contributed by atoms with Crippen molar-refractivity contribution < 1.29 is 28.6 Å². The molecule has 1 aliphatic rings. The van der Waals surface area contributed by atoms with Crippen LogP contribution in [0.5, 0.6) is 17.4 Å². The summed E-state index contributed by atoms with van der Waals surface area (Å²) in [5.41, 5.74) is -1.48. The van der Waals surface area contributed by atoms with Crippen LogP contribution in [0.1, 0.15) is 23.6 Å². The van der Waals surface area contributed by atoms with Gasteiger partial charge in [0.25, 0.3) is 5.56 Å². The van der Waals surface area contributed by atoms with Gasteiger partial charge < -0.3 is 25.2 Å². The number of aliphatic imine (C=N–C) groups is 1. The number of rotatable bonds is 8. The van der Waals surface area contributed by atoms with Crippen molar-refractivity contribution in [3.63, 3.8) is 0 Å². The number of benzene rings is 2. The zero-order valence-corrected chi connectivity index (χ0v) is 20.8. The number of aromatic hydroxyl groups is 1. The lowest BCUT2D eigenvalue weighted by Gasteiger charge is -2.18. The molecule has 1 fully saturated rings. The van der Waals surface area contributed by atoms with Crippen molar-refractivity contribution in [2.45, 2.75) is 17.7 Å². The molecule has 1 aliphatic heterocycles. The van der Waals surface area contributed by atoms with E-state index in [1.807, 2.05) is 0 Å². The van der Waals surface area contributed by atoms with Gasteiger partial charge in [-0.2, -0.15) is 0 Å². The maximum absolute atomic E-state index is 13.1. The molecule has 5 N–H and O–H groups in total. The predicted molar refractivity (Wildman–Crippen MR) is 137 cm³/mol. The molecule has 2 atom stereocenters. The van der Waals surface area contributed by atoms with Gasteiger partial charge in [0.15, 0.2) is 5.17 Å². The van der Waals surface area contributed by atoms with Gasteiger partial charge in [-0.05, 0) is 42.5 Å². The molecule has 38 heavy (non-hydrogen) atoms. The first-order valence-electron chi connectivity index (χ1n) is 11.1. The first-order chi connectivity index (χ1) is 18.2. The number of anilines is 1. The standard InChI is InChI=1S/C24H22FN5O7S/c1-36-13-7-8-15(37-2)14(9-13)19(18-21(33)28-23(35)29-22(18)34)27-24-30-20(32)16(38-24)10-17(31)26-12-5-3-11(25)4-6-12/h3-9,16,19H,10H2,1-2H3,(H,26,31)(H,27,30,32)(H3,28,29,33,34,35)/t16-,19+/m1/s1. The highest BCUT2D eigenvalue weighted by Crippen LogP contribution is 2.38. The smallest absolute Gasteiger partial charge is 0.328 e. The highest BCUT2D eigenvalue weighted by Gasteiger charge is 2.34. The fourth-order valence-corrected chi connectivity index (χ4v) is 4.71. The summed E-state index contributed by atoms with van der Waals surface area (Å²) in [5, 5.41) is 14.8. The third-order valence-electron chi connectivity index (χ3n) is 5.49. The average Bonchev–Trinajstić information content (AvgIpc) is 3.21. The molecular weight excluding hydrogens is 521 g/mol. The Labute approximate surface area is 218 Å². The monoisotopic (exact) mass is 543 g/mol. The summed E-state index contributed by atoms with van der Waals surface area (Å²) in [6, 6.07) is 8.63. The summed E-state index contributed by atoms with van der Waals surface area (Å²) in [5.74, 6) is -1.48. The van der Waals surface area contributed by atoms with Crippen LogP contribution in [0.15, 0.2) is 57.0 Å². The van der Waals surface area contributed by atoms with Gasteiger partial charge >= 0.3 is 5.69 Å². The number of nitrogens with zero attached hydrogens (tertiary/aromatic N) is 1. The summed E-state index contributed by atoms with van der Waals surface area (Å²) >= 11 is 0.947. The molecule has 198 valence electrons. The number of hydrogen-bond acceptors (Lipinski definition) is 9. The van der Waals surface area contributed by atoms with Crippen LogP contribution in [0.3, 0.4) is 0 Å². The van der Waals surface area contributed by atoms with Crippen molar-refractivity contribution in [1.82, 2.24) is 15.3 Å². The first-order valence-corrected chi connectivity index (χ1v) is 11.9. The molecule has 12 nitrogen and oxygen atoms in total. The molecular formula is C24H22FN5O7S. The average molecular weight is 544 g/mol. The van der Waals surface area contributed by atoms with E-state index in [9.17, 15) is 28.7 Å². The molecule has 1 aromatic heterocycles. The van der Waals surface area contributed by atoms with E-state index in [0.29, 0.717) is 17.0 Å². The number of carbonyl (C=O) groups excluding carboxylic acids is 2. The van der Waals surface area contributed by atoms with Gasteiger partial charge in [-0.25, -0.2) is 14.2 Å². The van der Waals surface area contributed by atoms with E-state index >= 15 is 0 Å². The molecule has 0 spiro atoms. The lowest BCUT2D eigenvalue weighted by atomic mass is 9.99. The Bertz CT molecular complexity index is 1520. The van der Waals surface area contributed by atoms with Crippen LogP contribution in [0, 0.1) is 5.82 Å². The minimum atomic E-state index is -1.25. The Morgan fingerprint density at radius 1 is 1.13 bits per heavy atom. The molecule has 2 amide bonds. The summed E-state index contributed by atoms with van der Waals surface area (Å²) in [6.07, 6.45) is -0.218. The van der Waals surface area contributed by atoms with Crippen molar-refractivity contribution in [3.05, 3.63) is 80.2 Å². The number of amidine groups is 1. The number of aromatic nitrogens is 2. The van der Waals surface area contributed by atoms with Gasteiger partial charge in [0.05, 0.1) is 14.2 Å². The molecule has 1 saturated heterocycles. The van der Waals surface area contributed by atoms with Crippen LogP contribution in [0.4, 0.5) is 10.1 Å². The summed E-state index contributed by atoms with van der Waals surface area (Å²) in [7, 11) is 2.83. The summed E-state index contributed by atoms with van der Waals surface area (Å²) < 4.78 is 23.8. The van der Waals surface area contributed by atoms with Gasteiger partial charge in [0.1, 0.15) is 34.2 Å². The van der Waals surface area contributed by atoms with Gasteiger partial charge in [-0.3, -0.25) is 24.4 Å². The largest absolute Gasteiger partial charge is 0.497 e. The fourth-order valence-electron chi connectivity index (χ4n) is 3.71. The third-order valence-corrected chi connectivity index (χ3v) is 6.58. The fraction of sp³-hybridized carbons (Fsp3) is 0.208. The van der Waals surface area contributed by atoms with Crippen LogP contribution in [-0.4, -0.2) is 51.5 Å². The van der Waals surface area contributed by atoms with Crippen molar-refractivity contribution in [2.24, 2.45) is 4.99 Å². The van der Waals surface area contributed by atoms with Gasteiger partial charge in [-0.15, -0.1) is 0 Å². The maximum atomic E-state index is 13.1. The van der Waals surface area contributed by atoms with Crippen LogP contribution in [-0.2, 0) is 9.59 Å². The molecule has 0 unspecified atom stereocenters. The highest BCUT2D eigenvalue weighted by molar-refractivity contribution is 8.15. The normalized spacial score (nSPS) is 16.7. The van der Waals surface area contributed by atoms with E-state index < -0.39 is 46.1 Å². The maximum Gasteiger partial charge on any atom is 0.328 e. The second-order valence-corrected chi connectivity index (χ2v) is 9.16. The van der Waals surface area contributed by atoms with Gasteiger partial charge in [-0.1, -0.05) is 11.8 Å². The van der Waals surface area contributed by atoms with Crippen molar-refractivity contribution in [2.75, 3.05) is 19.5 Å². The Kier molecular flexibility index (Phi) is 7.81. The lowest BCUT2D eigenvalue weighted by molar-refractivity contribution is -0.122. The van der Waals surface area contributed by atoms with E-state index in [0.717, 1.165) is 11.8 Å². The minimum Gasteiger partial charge on any atom is -0.497 e. The van der Waals surface area contributed by atoms with Crippen molar-refractivity contribution >= 4 is 34.4 Å². The van der Waals surface area contributed by atoms with E-state index in [1.54, 1.807) is 12.1 Å². The first kappa shape index (κ1) is 26.5. The third kappa shape index (κ3) is 5.86. The number of H-pyrrole nitrogens is 2. The number of thioether (sulfide) groups is 1. The molecule has 0 saturated carbocycles. The second kappa shape index (κ2) is 11.2.